The van der Waals surface area contributed by atoms with Crippen molar-refractivity contribution in [3.8, 4) is 0 Å². The first-order valence-electron chi connectivity index (χ1n) is 6.54. The molecule has 0 aromatic rings. The number of rotatable bonds is 7. The molecule has 1 aliphatic carbocycles. The first-order chi connectivity index (χ1) is 7.20. The second-order valence-electron chi connectivity index (χ2n) is 5.39. The molecule has 0 aliphatic heterocycles. The normalized spacial score (nSPS) is 21.5. The van der Waals surface area contributed by atoms with Gasteiger partial charge in [0.15, 0.2) is 0 Å². The Hall–Kier alpha value is -0.300. The minimum Gasteiger partial charge on any atom is -0.316 e. The second kappa shape index (κ2) is 6.32. The molecule has 0 saturated heterocycles. The number of hydrogen-bond acceptors (Lipinski definition) is 1. The third-order valence-corrected chi connectivity index (χ3v) is 3.68. The summed E-state index contributed by atoms with van der Waals surface area (Å²) in [5.74, 6) is 0.955. The van der Waals surface area contributed by atoms with Gasteiger partial charge in [-0.3, -0.25) is 0 Å². The van der Waals surface area contributed by atoms with Gasteiger partial charge in [-0.05, 0) is 30.7 Å². The van der Waals surface area contributed by atoms with E-state index in [1.807, 2.05) is 0 Å². The molecule has 0 aromatic heterocycles. The van der Waals surface area contributed by atoms with Crippen molar-refractivity contribution in [1.29, 1.82) is 0 Å². The van der Waals surface area contributed by atoms with E-state index in [2.05, 4.69) is 31.8 Å². The molecule has 1 heteroatoms. The lowest BCUT2D eigenvalue weighted by Crippen LogP contribution is -2.32. The van der Waals surface area contributed by atoms with Gasteiger partial charge in [0, 0.05) is 6.54 Å². The van der Waals surface area contributed by atoms with Crippen LogP contribution in [0.4, 0.5) is 0 Å². The van der Waals surface area contributed by atoms with E-state index >= 15 is 0 Å². The minimum atomic E-state index is 0.310. The van der Waals surface area contributed by atoms with Crippen molar-refractivity contribution in [3.05, 3.63) is 12.7 Å². The fourth-order valence-corrected chi connectivity index (χ4v) is 2.65. The van der Waals surface area contributed by atoms with Crippen molar-refractivity contribution in [3.63, 3.8) is 0 Å². The Labute approximate surface area is 95.3 Å². The first-order valence-corrected chi connectivity index (χ1v) is 6.54. The van der Waals surface area contributed by atoms with Crippen LogP contribution in [0.2, 0.25) is 0 Å². The van der Waals surface area contributed by atoms with Crippen LogP contribution in [0.15, 0.2) is 12.7 Å². The average molecular weight is 209 g/mol. The van der Waals surface area contributed by atoms with E-state index < -0.39 is 0 Å². The molecule has 0 bridgehead atoms. The smallest absolute Gasteiger partial charge is 0.00399 e. The molecule has 0 heterocycles. The van der Waals surface area contributed by atoms with E-state index in [-0.39, 0.29) is 0 Å². The highest BCUT2D eigenvalue weighted by molar-refractivity contribution is 4.95. The fourth-order valence-electron chi connectivity index (χ4n) is 2.65. The van der Waals surface area contributed by atoms with Gasteiger partial charge < -0.3 is 5.32 Å². The molecule has 0 radical (unpaired) electrons. The molecule has 1 atom stereocenters. The van der Waals surface area contributed by atoms with Crippen LogP contribution in [0.3, 0.4) is 0 Å². The molecule has 1 saturated carbocycles. The maximum Gasteiger partial charge on any atom is 0.00399 e. The Bertz CT molecular complexity index is 182. The van der Waals surface area contributed by atoms with Crippen LogP contribution in [0, 0.1) is 11.3 Å². The molecule has 1 aliphatic rings. The lowest BCUT2D eigenvalue weighted by atomic mass is 9.80. The van der Waals surface area contributed by atoms with E-state index in [9.17, 15) is 0 Å². The Kier molecular flexibility index (Phi) is 5.38. The van der Waals surface area contributed by atoms with Crippen LogP contribution in [0.1, 0.15) is 52.4 Å². The summed E-state index contributed by atoms with van der Waals surface area (Å²) in [6, 6.07) is 0. The Morgan fingerprint density at radius 1 is 1.40 bits per heavy atom. The molecule has 1 N–H and O–H groups in total. The number of nitrogens with one attached hydrogen (secondary N) is 1. The molecule has 0 aromatic carbocycles. The predicted octanol–water partition coefficient (Wildman–Crippen LogP) is 3.76. The zero-order valence-electron chi connectivity index (χ0n) is 10.5. The van der Waals surface area contributed by atoms with Crippen molar-refractivity contribution >= 4 is 0 Å². The Morgan fingerprint density at radius 2 is 2.07 bits per heavy atom. The van der Waals surface area contributed by atoms with Gasteiger partial charge >= 0.3 is 0 Å². The van der Waals surface area contributed by atoms with Crippen molar-refractivity contribution < 1.29 is 0 Å². The third kappa shape index (κ3) is 4.38. The van der Waals surface area contributed by atoms with Crippen molar-refractivity contribution in [2.24, 2.45) is 11.3 Å². The van der Waals surface area contributed by atoms with E-state index in [0.717, 1.165) is 19.0 Å². The van der Waals surface area contributed by atoms with E-state index in [1.54, 1.807) is 0 Å². The van der Waals surface area contributed by atoms with Gasteiger partial charge in [0.05, 0.1) is 0 Å². The summed E-state index contributed by atoms with van der Waals surface area (Å²) >= 11 is 0. The summed E-state index contributed by atoms with van der Waals surface area (Å²) in [5.41, 5.74) is 0.310. The van der Waals surface area contributed by atoms with Crippen LogP contribution >= 0.6 is 0 Å². The standard InChI is InChI=1S/C14H27N/c1-4-10-15-12-14(3,5-2)11-13-8-6-7-9-13/h5,13,15H,2,4,6-12H2,1,3H3. The van der Waals surface area contributed by atoms with Crippen LogP contribution in [-0.4, -0.2) is 13.1 Å². The largest absolute Gasteiger partial charge is 0.316 e. The zero-order valence-corrected chi connectivity index (χ0v) is 10.5. The van der Waals surface area contributed by atoms with E-state index in [1.165, 1.54) is 38.5 Å². The monoisotopic (exact) mass is 209 g/mol. The lowest BCUT2D eigenvalue weighted by molar-refractivity contribution is 0.296. The van der Waals surface area contributed by atoms with Gasteiger partial charge in [-0.25, -0.2) is 0 Å². The van der Waals surface area contributed by atoms with Crippen LogP contribution in [-0.2, 0) is 0 Å². The fraction of sp³-hybridized carbons (Fsp3) is 0.857. The summed E-state index contributed by atoms with van der Waals surface area (Å²) in [5, 5.41) is 3.53. The van der Waals surface area contributed by atoms with Gasteiger partial charge in [-0.15, -0.1) is 6.58 Å². The highest BCUT2D eigenvalue weighted by Gasteiger charge is 2.26. The molecule has 88 valence electrons. The molecule has 1 rings (SSSR count). The maximum absolute atomic E-state index is 4.01. The highest BCUT2D eigenvalue weighted by atomic mass is 14.9. The molecule has 15 heavy (non-hydrogen) atoms. The third-order valence-electron chi connectivity index (χ3n) is 3.68. The Morgan fingerprint density at radius 3 is 2.60 bits per heavy atom. The molecule has 1 unspecified atom stereocenters. The minimum absolute atomic E-state index is 0.310. The lowest BCUT2D eigenvalue weighted by Gasteiger charge is -2.29. The molecular formula is C14H27N. The van der Waals surface area contributed by atoms with E-state index in [0.29, 0.717) is 5.41 Å². The quantitative estimate of drug-likeness (QED) is 0.497. The summed E-state index contributed by atoms with van der Waals surface area (Å²) < 4.78 is 0. The van der Waals surface area contributed by atoms with Gasteiger partial charge in [-0.1, -0.05) is 45.6 Å². The topological polar surface area (TPSA) is 12.0 Å². The molecule has 1 fully saturated rings. The van der Waals surface area contributed by atoms with E-state index in [4.69, 9.17) is 0 Å². The van der Waals surface area contributed by atoms with Crippen LogP contribution in [0.5, 0.6) is 0 Å². The van der Waals surface area contributed by atoms with Crippen molar-refractivity contribution in [1.82, 2.24) is 5.32 Å². The molecule has 1 nitrogen and oxygen atoms in total. The van der Waals surface area contributed by atoms with Crippen LogP contribution in [0.25, 0.3) is 0 Å². The van der Waals surface area contributed by atoms with Gasteiger partial charge in [0.25, 0.3) is 0 Å². The molecule has 0 spiro atoms. The maximum atomic E-state index is 4.01. The second-order valence-corrected chi connectivity index (χ2v) is 5.39. The average Bonchev–Trinajstić information content (AvgIpc) is 2.71. The van der Waals surface area contributed by atoms with Crippen LogP contribution < -0.4 is 5.32 Å². The summed E-state index contributed by atoms with van der Waals surface area (Å²) in [7, 11) is 0. The molecule has 0 amide bonds. The molecular weight excluding hydrogens is 182 g/mol. The summed E-state index contributed by atoms with van der Waals surface area (Å²) in [6.45, 7) is 10.8. The summed E-state index contributed by atoms with van der Waals surface area (Å²) in [6.07, 6.45) is 10.5. The summed E-state index contributed by atoms with van der Waals surface area (Å²) in [4.78, 5) is 0. The van der Waals surface area contributed by atoms with Crippen molar-refractivity contribution in [2.45, 2.75) is 52.4 Å². The number of hydrogen-bond donors (Lipinski definition) is 1. The first kappa shape index (κ1) is 12.8. The predicted molar refractivity (Wildman–Crippen MR) is 68.0 cm³/mol. The van der Waals surface area contributed by atoms with Gasteiger partial charge in [0.2, 0.25) is 0 Å². The Balaban J connectivity index is 2.33. The van der Waals surface area contributed by atoms with Gasteiger partial charge in [-0.2, -0.15) is 0 Å². The zero-order chi connectivity index (χ0) is 11.1. The highest BCUT2D eigenvalue weighted by Crippen LogP contribution is 2.36. The SMILES string of the molecule is C=CC(C)(CNCCC)CC1CCCC1. The van der Waals surface area contributed by atoms with Gasteiger partial charge in [0.1, 0.15) is 0 Å². The van der Waals surface area contributed by atoms with Crippen molar-refractivity contribution in [2.75, 3.05) is 13.1 Å².